The maximum atomic E-state index is 10.2. The summed E-state index contributed by atoms with van der Waals surface area (Å²) in [6.45, 7) is 4.84. The summed E-state index contributed by atoms with van der Waals surface area (Å²) >= 11 is 0. The van der Waals surface area contributed by atoms with Crippen LogP contribution in [0.3, 0.4) is 0 Å². The summed E-state index contributed by atoms with van der Waals surface area (Å²) in [6, 6.07) is 11.9. The maximum Gasteiger partial charge on any atom is 0.222 e. The van der Waals surface area contributed by atoms with Crippen LogP contribution in [0.4, 0.5) is 5.95 Å². The van der Waals surface area contributed by atoms with Crippen LogP contribution in [0.25, 0.3) is 0 Å². The Bertz CT molecular complexity index is 941. The number of aliphatic hydroxyl groups is 1. The van der Waals surface area contributed by atoms with Gasteiger partial charge in [0.25, 0.3) is 0 Å². The van der Waals surface area contributed by atoms with Crippen LogP contribution in [0.15, 0.2) is 30.5 Å². The smallest absolute Gasteiger partial charge is 0.222 e. The number of rotatable bonds is 6. The van der Waals surface area contributed by atoms with Gasteiger partial charge < -0.3 is 10.4 Å². The quantitative estimate of drug-likeness (QED) is 0.782. The lowest BCUT2D eigenvalue weighted by Crippen LogP contribution is -2.37. The molecule has 0 bridgehead atoms. The zero-order valence-corrected chi connectivity index (χ0v) is 17.0. The second-order valence-corrected chi connectivity index (χ2v) is 8.51. The van der Waals surface area contributed by atoms with Crippen molar-refractivity contribution in [3.8, 4) is 12.1 Å². The van der Waals surface area contributed by atoms with E-state index in [-0.39, 0.29) is 11.5 Å². The molecule has 2 aromatic rings. The number of aromatic nitrogens is 2. The highest BCUT2D eigenvalue weighted by atomic mass is 16.3. The van der Waals surface area contributed by atoms with Crippen molar-refractivity contribution >= 4 is 5.95 Å². The number of hydrogen-bond donors (Lipinski definition) is 2. The molecule has 0 aliphatic heterocycles. The normalized spacial score (nSPS) is 20.4. The van der Waals surface area contributed by atoms with E-state index in [0.29, 0.717) is 29.5 Å². The molecule has 6 heteroatoms. The van der Waals surface area contributed by atoms with E-state index in [2.05, 4.69) is 41.3 Å². The molecule has 1 fully saturated rings. The highest BCUT2D eigenvalue weighted by molar-refractivity contribution is 5.37. The minimum Gasteiger partial charge on any atom is -0.393 e. The third-order valence-corrected chi connectivity index (χ3v) is 5.79. The first-order valence-electron chi connectivity index (χ1n) is 10.1. The van der Waals surface area contributed by atoms with Gasteiger partial charge in [-0.3, -0.25) is 0 Å². The summed E-state index contributed by atoms with van der Waals surface area (Å²) in [7, 11) is 0. The van der Waals surface area contributed by atoms with Gasteiger partial charge in [0.15, 0.2) is 0 Å². The fraction of sp³-hybridized carbons (Fsp3) is 0.478. The predicted molar refractivity (Wildman–Crippen MR) is 111 cm³/mol. The molecule has 1 aliphatic carbocycles. The molecule has 0 amide bonds. The van der Waals surface area contributed by atoms with Crippen LogP contribution in [0.5, 0.6) is 0 Å². The lowest BCUT2D eigenvalue weighted by atomic mass is 9.69. The molecular formula is C23H27N5O. The highest BCUT2D eigenvalue weighted by Gasteiger charge is 2.35. The molecule has 29 heavy (non-hydrogen) atoms. The molecule has 1 aliphatic rings. The molecule has 150 valence electrons. The molecule has 2 N–H and O–H groups in total. The predicted octanol–water partition coefficient (Wildman–Crippen LogP) is 3.60. The molecule has 0 spiro atoms. The first-order chi connectivity index (χ1) is 13.9. The van der Waals surface area contributed by atoms with E-state index < -0.39 is 0 Å². The number of hydrogen-bond acceptors (Lipinski definition) is 6. The van der Waals surface area contributed by atoms with Crippen LogP contribution in [0.1, 0.15) is 55.5 Å². The van der Waals surface area contributed by atoms with Crippen molar-refractivity contribution in [2.45, 2.75) is 52.1 Å². The van der Waals surface area contributed by atoms with Gasteiger partial charge in [-0.1, -0.05) is 26.0 Å². The van der Waals surface area contributed by atoms with Crippen molar-refractivity contribution in [3.63, 3.8) is 0 Å². The Morgan fingerprint density at radius 3 is 2.79 bits per heavy atom. The van der Waals surface area contributed by atoms with Gasteiger partial charge in [-0.15, -0.1) is 0 Å². The molecule has 1 aromatic heterocycles. The fourth-order valence-electron chi connectivity index (χ4n) is 4.08. The number of benzene rings is 1. The number of nitriles is 2. The minimum absolute atomic E-state index is 0.109. The zero-order valence-electron chi connectivity index (χ0n) is 17.0. The van der Waals surface area contributed by atoms with Crippen LogP contribution in [-0.2, 0) is 12.8 Å². The van der Waals surface area contributed by atoms with Crippen LogP contribution >= 0.6 is 0 Å². The second kappa shape index (κ2) is 9.03. The van der Waals surface area contributed by atoms with Gasteiger partial charge >= 0.3 is 0 Å². The van der Waals surface area contributed by atoms with Gasteiger partial charge in [0.2, 0.25) is 5.95 Å². The van der Waals surface area contributed by atoms with Gasteiger partial charge in [0, 0.05) is 6.54 Å². The minimum atomic E-state index is -0.267. The van der Waals surface area contributed by atoms with Gasteiger partial charge in [-0.05, 0) is 61.1 Å². The molecule has 0 saturated heterocycles. The Morgan fingerprint density at radius 2 is 2.07 bits per heavy atom. The van der Waals surface area contributed by atoms with Crippen LogP contribution in [0.2, 0.25) is 0 Å². The Labute approximate surface area is 172 Å². The molecule has 0 unspecified atom stereocenters. The molecule has 1 saturated carbocycles. The Kier molecular flexibility index (Phi) is 6.46. The van der Waals surface area contributed by atoms with Crippen molar-refractivity contribution in [2.75, 3.05) is 11.9 Å². The first kappa shape index (κ1) is 20.8. The standard InChI is InChI=1S/C23H27N5O/c1-23(2)12-17(6-7-21(23)29)11-20-19(14-25)15-27-22(28-20)26-9-8-16-4-3-5-18(10-16)13-24/h3-5,10,15,17,21,29H,6-9,11-12H2,1-2H3,(H,26,27,28)/t17-,21-/m0/s1. The van der Waals surface area contributed by atoms with Crippen LogP contribution in [0, 0.1) is 34.0 Å². The summed E-state index contributed by atoms with van der Waals surface area (Å²) < 4.78 is 0. The van der Waals surface area contributed by atoms with Crippen molar-refractivity contribution in [1.82, 2.24) is 9.97 Å². The Morgan fingerprint density at radius 1 is 1.24 bits per heavy atom. The summed E-state index contributed by atoms with van der Waals surface area (Å²) in [6.07, 6.45) is 5.44. The lowest BCUT2D eigenvalue weighted by molar-refractivity contribution is -0.00748. The van der Waals surface area contributed by atoms with Crippen molar-refractivity contribution in [1.29, 1.82) is 10.5 Å². The van der Waals surface area contributed by atoms with Crippen LogP contribution in [-0.4, -0.2) is 27.7 Å². The topological polar surface area (TPSA) is 106 Å². The van der Waals surface area contributed by atoms with Crippen molar-refractivity contribution in [2.24, 2.45) is 11.3 Å². The van der Waals surface area contributed by atoms with E-state index >= 15 is 0 Å². The van der Waals surface area contributed by atoms with E-state index in [4.69, 9.17) is 5.26 Å². The fourth-order valence-corrected chi connectivity index (χ4v) is 4.08. The van der Waals surface area contributed by atoms with E-state index in [1.165, 1.54) is 0 Å². The average molecular weight is 390 g/mol. The number of nitrogens with zero attached hydrogens (tertiary/aromatic N) is 4. The van der Waals surface area contributed by atoms with E-state index in [0.717, 1.165) is 43.4 Å². The van der Waals surface area contributed by atoms with Gasteiger partial charge in [-0.25, -0.2) is 9.97 Å². The summed E-state index contributed by atoms with van der Waals surface area (Å²) in [5, 5.41) is 31.9. The van der Waals surface area contributed by atoms with Crippen LogP contribution < -0.4 is 5.32 Å². The van der Waals surface area contributed by atoms with E-state index in [1.54, 1.807) is 12.3 Å². The molecule has 6 nitrogen and oxygen atoms in total. The average Bonchev–Trinajstić information content (AvgIpc) is 2.71. The molecule has 1 aromatic carbocycles. The van der Waals surface area contributed by atoms with E-state index in [9.17, 15) is 10.4 Å². The monoisotopic (exact) mass is 389 g/mol. The number of nitrogens with one attached hydrogen (secondary N) is 1. The van der Waals surface area contributed by atoms with Crippen molar-refractivity contribution in [3.05, 3.63) is 52.8 Å². The summed E-state index contributed by atoms with van der Waals surface area (Å²) in [5.41, 5.74) is 2.91. The van der Waals surface area contributed by atoms with Gasteiger partial charge in [-0.2, -0.15) is 10.5 Å². The Balaban J connectivity index is 1.64. The molecule has 0 radical (unpaired) electrons. The Hall–Kier alpha value is -2.96. The van der Waals surface area contributed by atoms with E-state index in [1.807, 2.05) is 18.2 Å². The molecule has 2 atom stereocenters. The lowest BCUT2D eigenvalue weighted by Gasteiger charge is -2.39. The first-order valence-corrected chi connectivity index (χ1v) is 10.1. The summed E-state index contributed by atoms with van der Waals surface area (Å²) in [4.78, 5) is 8.88. The molecule has 3 rings (SSSR count). The second-order valence-electron chi connectivity index (χ2n) is 8.51. The SMILES string of the molecule is CC1(C)C[C@H](Cc2nc(NCCc3cccc(C#N)c3)ncc2C#N)CC[C@@H]1O. The third kappa shape index (κ3) is 5.31. The van der Waals surface area contributed by atoms with Crippen molar-refractivity contribution < 1.29 is 5.11 Å². The number of anilines is 1. The van der Waals surface area contributed by atoms with Gasteiger partial charge in [0.05, 0.1) is 35.2 Å². The largest absolute Gasteiger partial charge is 0.393 e. The summed E-state index contributed by atoms with van der Waals surface area (Å²) in [5.74, 6) is 0.919. The van der Waals surface area contributed by atoms with Gasteiger partial charge in [0.1, 0.15) is 6.07 Å². The number of aliphatic hydroxyl groups excluding tert-OH is 1. The molecular weight excluding hydrogens is 362 g/mol. The highest BCUT2D eigenvalue weighted by Crippen LogP contribution is 2.40. The zero-order chi connectivity index (χ0) is 20.9. The maximum absolute atomic E-state index is 10.2. The molecule has 1 heterocycles. The third-order valence-electron chi connectivity index (χ3n) is 5.79.